The maximum absolute atomic E-state index is 10.8. The Kier molecular flexibility index (Phi) is 5.90. The first-order valence-corrected chi connectivity index (χ1v) is 13.4. The second-order valence-corrected chi connectivity index (χ2v) is 13.7. The average Bonchev–Trinajstić information content (AvgIpc) is 2.96. The van der Waals surface area contributed by atoms with Crippen molar-refractivity contribution < 1.29 is 5.11 Å². The van der Waals surface area contributed by atoms with E-state index in [1.54, 1.807) is 0 Å². The van der Waals surface area contributed by atoms with Gasteiger partial charge in [0.05, 0.1) is 6.10 Å². The lowest BCUT2D eigenvalue weighted by molar-refractivity contribution is -0.131. The Hall–Kier alpha value is -0.560. The van der Waals surface area contributed by atoms with E-state index in [9.17, 15) is 5.11 Å². The van der Waals surface area contributed by atoms with Gasteiger partial charge < -0.3 is 5.11 Å². The molecule has 2 unspecified atom stereocenters. The third-order valence-electron chi connectivity index (χ3n) is 11.7. The van der Waals surface area contributed by atoms with Crippen LogP contribution in [0, 0.1) is 45.3 Å². The highest BCUT2D eigenvalue weighted by molar-refractivity contribution is 5.33. The minimum Gasteiger partial charge on any atom is -0.393 e. The summed E-state index contributed by atoms with van der Waals surface area (Å²) < 4.78 is 0. The van der Waals surface area contributed by atoms with Gasteiger partial charge in [0, 0.05) is 0 Å². The van der Waals surface area contributed by atoms with Gasteiger partial charge in [0.25, 0.3) is 0 Å². The molecule has 0 aromatic rings. The molecule has 0 heterocycles. The van der Waals surface area contributed by atoms with Crippen molar-refractivity contribution in [3.8, 4) is 0 Å². The van der Waals surface area contributed by atoms with Crippen LogP contribution in [-0.2, 0) is 0 Å². The molecule has 4 aliphatic rings. The van der Waals surface area contributed by atoms with Gasteiger partial charge >= 0.3 is 0 Å². The summed E-state index contributed by atoms with van der Waals surface area (Å²) >= 11 is 0. The van der Waals surface area contributed by atoms with Gasteiger partial charge in [0.1, 0.15) is 0 Å². The highest BCUT2D eigenvalue weighted by Gasteiger charge is 2.65. The van der Waals surface area contributed by atoms with Gasteiger partial charge in [-0.25, -0.2) is 0 Å². The number of hydrogen-bond donors (Lipinski definition) is 1. The lowest BCUT2D eigenvalue weighted by Crippen LogP contribution is -2.58. The summed E-state index contributed by atoms with van der Waals surface area (Å²) in [4.78, 5) is 0. The van der Waals surface area contributed by atoms with E-state index in [0.717, 1.165) is 24.2 Å². The van der Waals surface area contributed by atoms with Crippen LogP contribution in [0.3, 0.4) is 0 Å². The molecule has 1 nitrogen and oxygen atoms in total. The van der Waals surface area contributed by atoms with Crippen molar-refractivity contribution in [2.24, 2.45) is 45.3 Å². The second kappa shape index (κ2) is 7.75. The zero-order valence-corrected chi connectivity index (χ0v) is 21.9. The normalized spacial score (nSPS) is 46.9. The lowest BCUT2D eigenvalue weighted by Gasteiger charge is -2.64. The topological polar surface area (TPSA) is 20.2 Å². The van der Waals surface area contributed by atoms with E-state index < -0.39 is 0 Å². The average molecular weight is 427 g/mol. The van der Waals surface area contributed by atoms with Crippen molar-refractivity contribution in [3.63, 3.8) is 0 Å². The largest absolute Gasteiger partial charge is 0.393 e. The van der Waals surface area contributed by atoms with Crippen LogP contribution in [-0.4, -0.2) is 11.2 Å². The molecule has 0 radical (unpaired) electrons. The van der Waals surface area contributed by atoms with Crippen LogP contribution in [0.1, 0.15) is 113 Å². The van der Waals surface area contributed by atoms with Crippen LogP contribution in [0.5, 0.6) is 0 Å². The summed E-state index contributed by atoms with van der Waals surface area (Å²) in [7, 11) is 0. The maximum Gasteiger partial charge on any atom is 0.0594 e. The molecule has 31 heavy (non-hydrogen) atoms. The van der Waals surface area contributed by atoms with Crippen LogP contribution in [0.2, 0.25) is 0 Å². The molecule has 1 heteroatoms. The Balaban J connectivity index is 1.62. The molecule has 4 rings (SSSR count). The van der Waals surface area contributed by atoms with Crippen LogP contribution in [0.4, 0.5) is 0 Å². The first-order valence-electron chi connectivity index (χ1n) is 13.4. The summed E-state index contributed by atoms with van der Waals surface area (Å²) in [6, 6.07) is 0. The molecule has 0 aliphatic heterocycles. The van der Waals surface area contributed by atoms with E-state index in [4.69, 9.17) is 0 Å². The SMILES string of the molecule is CC(C)=CCC[C@@H](C)[C@H]1CC[C@@]2(C)C3=CCC4C(C)(C)C(O)CC[C@]4(C)[C@H]3CC[C@]12C. The van der Waals surface area contributed by atoms with Gasteiger partial charge in [-0.15, -0.1) is 0 Å². The minimum atomic E-state index is -0.137. The predicted molar refractivity (Wildman–Crippen MR) is 133 cm³/mol. The predicted octanol–water partition coefficient (Wildman–Crippen LogP) is 8.34. The fourth-order valence-electron chi connectivity index (χ4n) is 9.49. The van der Waals surface area contributed by atoms with Crippen LogP contribution in [0.15, 0.2) is 23.3 Å². The summed E-state index contributed by atoms with van der Waals surface area (Å²) in [5.41, 5.74) is 4.53. The molecule has 4 aliphatic carbocycles. The molecule has 0 amide bonds. The Morgan fingerprint density at radius 2 is 1.77 bits per heavy atom. The smallest absolute Gasteiger partial charge is 0.0594 e. The van der Waals surface area contributed by atoms with E-state index >= 15 is 0 Å². The molecule has 0 spiro atoms. The molecule has 176 valence electrons. The monoisotopic (exact) mass is 426 g/mol. The van der Waals surface area contributed by atoms with Gasteiger partial charge in [-0.3, -0.25) is 0 Å². The number of rotatable bonds is 4. The molecule has 0 bridgehead atoms. The van der Waals surface area contributed by atoms with E-state index in [1.165, 1.54) is 56.9 Å². The summed E-state index contributed by atoms with van der Waals surface area (Å²) in [6.07, 6.45) is 16.5. The lowest BCUT2D eigenvalue weighted by atomic mass is 9.41. The van der Waals surface area contributed by atoms with Crippen LogP contribution < -0.4 is 0 Å². The molecule has 0 aromatic carbocycles. The van der Waals surface area contributed by atoms with Gasteiger partial charge in [-0.1, -0.05) is 64.8 Å². The Morgan fingerprint density at radius 3 is 2.45 bits per heavy atom. The van der Waals surface area contributed by atoms with Crippen molar-refractivity contribution in [3.05, 3.63) is 23.3 Å². The molecule has 3 saturated carbocycles. The van der Waals surface area contributed by atoms with Gasteiger partial charge in [-0.2, -0.15) is 0 Å². The van der Waals surface area contributed by atoms with Crippen LogP contribution >= 0.6 is 0 Å². The molecule has 0 aromatic heterocycles. The quantitative estimate of drug-likeness (QED) is 0.448. The number of hydrogen-bond acceptors (Lipinski definition) is 1. The second-order valence-electron chi connectivity index (χ2n) is 13.7. The molecule has 0 saturated heterocycles. The van der Waals surface area contributed by atoms with Gasteiger partial charge in [0.2, 0.25) is 0 Å². The third-order valence-corrected chi connectivity index (χ3v) is 11.7. The minimum absolute atomic E-state index is 0.0360. The van der Waals surface area contributed by atoms with E-state index in [2.05, 4.69) is 67.5 Å². The number of allylic oxidation sites excluding steroid dienone is 4. The Bertz CT molecular complexity index is 754. The Labute approximate surface area is 193 Å². The molecular formula is C30H50O. The third kappa shape index (κ3) is 3.34. The molecule has 3 fully saturated rings. The highest BCUT2D eigenvalue weighted by atomic mass is 16.3. The summed E-state index contributed by atoms with van der Waals surface area (Å²) in [6.45, 7) is 19.6. The molecule has 8 atom stereocenters. The molecular weight excluding hydrogens is 376 g/mol. The molecule has 1 N–H and O–H groups in total. The first kappa shape index (κ1) is 23.6. The van der Waals surface area contributed by atoms with Gasteiger partial charge in [-0.05, 0) is 117 Å². The fraction of sp³-hybridized carbons (Fsp3) is 0.867. The van der Waals surface area contributed by atoms with E-state index in [1.807, 2.05) is 5.57 Å². The van der Waals surface area contributed by atoms with Crippen LogP contribution in [0.25, 0.3) is 0 Å². The van der Waals surface area contributed by atoms with Crippen molar-refractivity contribution in [1.29, 1.82) is 0 Å². The first-order chi connectivity index (χ1) is 14.4. The summed E-state index contributed by atoms with van der Waals surface area (Å²) in [5.74, 6) is 3.02. The van der Waals surface area contributed by atoms with Crippen molar-refractivity contribution in [1.82, 2.24) is 0 Å². The zero-order chi connectivity index (χ0) is 22.8. The standard InChI is InChI=1S/C30H50O/c1-20(2)10-9-11-21(3)22-14-18-30(8)24-12-13-25-27(4,5)26(31)16-17-28(25,6)23(24)15-19-29(22,30)7/h10,12,21-23,25-26,31H,9,11,13-19H2,1-8H3/t21-,22-,23+,25?,26?,28-,29-,30+/m1/s1. The zero-order valence-electron chi connectivity index (χ0n) is 21.9. The van der Waals surface area contributed by atoms with Crippen molar-refractivity contribution >= 4 is 0 Å². The number of aliphatic hydroxyl groups is 1. The Morgan fingerprint density at radius 1 is 1.06 bits per heavy atom. The highest BCUT2D eigenvalue weighted by Crippen LogP contribution is 2.73. The van der Waals surface area contributed by atoms with Crippen molar-refractivity contribution in [2.75, 3.05) is 0 Å². The maximum atomic E-state index is 10.8. The van der Waals surface area contributed by atoms with Gasteiger partial charge in [0.15, 0.2) is 0 Å². The fourth-order valence-corrected chi connectivity index (χ4v) is 9.49. The number of fused-ring (bicyclic) bond motifs is 5. The summed E-state index contributed by atoms with van der Waals surface area (Å²) in [5, 5.41) is 10.8. The van der Waals surface area contributed by atoms with E-state index in [-0.39, 0.29) is 11.5 Å². The van der Waals surface area contributed by atoms with Crippen molar-refractivity contribution in [2.45, 2.75) is 119 Å². The van der Waals surface area contributed by atoms with E-state index in [0.29, 0.717) is 22.2 Å². The number of aliphatic hydroxyl groups excluding tert-OH is 1.